The summed E-state index contributed by atoms with van der Waals surface area (Å²) in [7, 11) is 0. The SMILES string of the molecule is CC1(C)c2cc(-c3ccc(-c4ccc5c(c4)C(C)(C)c4cc(-c6cccc(-c7cccc8ccccc78)c6)ccc4-5)cc3)ccc2-c2ccc(-c3cccc(-c4cccc5ccccc45)c3)cc21. The third-order valence-corrected chi connectivity index (χ3v) is 15.5. The molecule has 0 atom stereocenters. The molecule has 0 aliphatic heterocycles. The van der Waals surface area contributed by atoms with E-state index in [1.54, 1.807) is 0 Å². The number of fused-ring (bicyclic) bond motifs is 8. The number of rotatable bonds is 6. The lowest BCUT2D eigenvalue weighted by atomic mass is 9.80. The Morgan fingerprint density at radius 1 is 0.206 bits per heavy atom. The summed E-state index contributed by atoms with van der Waals surface area (Å²) >= 11 is 0. The molecule has 0 amide bonds. The second-order valence-corrected chi connectivity index (χ2v) is 20.1. The van der Waals surface area contributed by atoms with Crippen molar-refractivity contribution in [1.29, 1.82) is 0 Å². The van der Waals surface area contributed by atoms with Gasteiger partial charge in [-0.25, -0.2) is 0 Å². The second kappa shape index (κ2) is 15.2. The van der Waals surface area contributed by atoms with Crippen molar-refractivity contribution >= 4 is 21.5 Å². The Labute approximate surface area is 399 Å². The molecule has 2 aliphatic carbocycles. The fourth-order valence-electron chi connectivity index (χ4n) is 11.7. The Bertz CT molecular complexity index is 3570. The van der Waals surface area contributed by atoms with E-state index in [1.165, 1.54) is 133 Å². The molecule has 0 radical (unpaired) electrons. The van der Waals surface area contributed by atoms with Crippen LogP contribution in [0, 0.1) is 0 Å². The molecule has 0 heterocycles. The van der Waals surface area contributed by atoms with Gasteiger partial charge in [-0.3, -0.25) is 0 Å². The molecule has 0 N–H and O–H groups in total. The Morgan fingerprint density at radius 3 is 0.868 bits per heavy atom. The van der Waals surface area contributed by atoms with Crippen molar-refractivity contribution in [2.24, 2.45) is 0 Å². The van der Waals surface area contributed by atoms with E-state index in [1.807, 2.05) is 0 Å². The smallest absolute Gasteiger partial charge is 0.0159 e. The molecule has 13 rings (SSSR count). The first-order chi connectivity index (χ1) is 33.2. The van der Waals surface area contributed by atoms with E-state index in [4.69, 9.17) is 0 Å². The summed E-state index contributed by atoms with van der Waals surface area (Å²) in [5.74, 6) is 0. The fraction of sp³-hybridized carbons (Fsp3) is 0.0882. The Hall–Kier alpha value is -8.06. The summed E-state index contributed by atoms with van der Waals surface area (Å²) in [6.45, 7) is 9.56. The summed E-state index contributed by atoms with van der Waals surface area (Å²) in [6.07, 6.45) is 0. The summed E-state index contributed by atoms with van der Waals surface area (Å²) < 4.78 is 0. The van der Waals surface area contributed by atoms with Gasteiger partial charge >= 0.3 is 0 Å². The Morgan fingerprint density at radius 2 is 0.485 bits per heavy atom. The van der Waals surface area contributed by atoms with Crippen molar-refractivity contribution in [3.05, 3.63) is 253 Å². The molecule has 0 unspecified atom stereocenters. The molecule has 0 nitrogen and oxygen atoms in total. The van der Waals surface area contributed by atoms with Crippen LogP contribution in [0.15, 0.2) is 231 Å². The van der Waals surface area contributed by atoms with Gasteiger partial charge in [0.15, 0.2) is 0 Å². The van der Waals surface area contributed by atoms with Crippen molar-refractivity contribution in [2.45, 2.75) is 38.5 Å². The molecule has 0 bridgehead atoms. The first-order valence-electron chi connectivity index (χ1n) is 24.1. The van der Waals surface area contributed by atoms with Gasteiger partial charge in [-0.1, -0.05) is 222 Å². The van der Waals surface area contributed by atoms with Gasteiger partial charge < -0.3 is 0 Å². The average Bonchev–Trinajstić information content (AvgIpc) is 3.76. The highest BCUT2D eigenvalue weighted by atomic mass is 14.4. The molecule has 0 saturated heterocycles. The predicted molar refractivity (Wildman–Crippen MR) is 289 cm³/mol. The standard InChI is InChI=1S/C68H50/c1-67(2)63-39-49(29-33-59(63)61-35-31-51(41-65(61)67)47-17-9-19-53(37-47)57-23-11-15-45-13-5-7-21-55(45)57)43-25-27-44(28-26-43)50-30-34-60-62-36-32-52(42-66(62)68(3,4)64(60)40-50)48-18-10-20-54(38-48)58-24-12-16-46-14-6-8-22-56(46)58/h5-42H,1-4H3. The molecular formula is C68H50. The Kier molecular flexibility index (Phi) is 9.02. The molecule has 0 heteroatoms. The first kappa shape index (κ1) is 40.2. The van der Waals surface area contributed by atoms with Crippen molar-refractivity contribution in [3.8, 4) is 89.0 Å². The van der Waals surface area contributed by atoms with Crippen LogP contribution in [-0.2, 0) is 10.8 Å². The quantitative estimate of drug-likeness (QED) is 0.156. The summed E-state index contributed by atoms with van der Waals surface area (Å²) in [6, 6.07) is 86.2. The van der Waals surface area contributed by atoms with Crippen LogP contribution < -0.4 is 0 Å². The summed E-state index contributed by atoms with van der Waals surface area (Å²) in [5.41, 5.74) is 25.6. The van der Waals surface area contributed by atoms with E-state index in [0.29, 0.717) is 0 Å². The van der Waals surface area contributed by atoms with Gasteiger partial charge in [0.25, 0.3) is 0 Å². The highest BCUT2D eigenvalue weighted by Gasteiger charge is 2.37. The van der Waals surface area contributed by atoms with Gasteiger partial charge in [0.1, 0.15) is 0 Å². The van der Waals surface area contributed by atoms with Crippen LogP contribution in [0.25, 0.3) is 111 Å². The summed E-state index contributed by atoms with van der Waals surface area (Å²) in [5, 5.41) is 5.10. The lowest BCUT2D eigenvalue weighted by Gasteiger charge is -2.23. The molecule has 2 aliphatic rings. The second-order valence-electron chi connectivity index (χ2n) is 20.1. The third kappa shape index (κ3) is 6.35. The maximum Gasteiger partial charge on any atom is 0.0159 e. The summed E-state index contributed by atoms with van der Waals surface area (Å²) in [4.78, 5) is 0. The Balaban J connectivity index is 0.763. The number of benzene rings is 11. The van der Waals surface area contributed by atoms with E-state index >= 15 is 0 Å². The van der Waals surface area contributed by atoms with Crippen molar-refractivity contribution in [3.63, 3.8) is 0 Å². The molecule has 68 heavy (non-hydrogen) atoms. The van der Waals surface area contributed by atoms with E-state index in [2.05, 4.69) is 258 Å². The molecular weight excluding hydrogens is 817 g/mol. The number of hydrogen-bond acceptors (Lipinski definition) is 0. The molecule has 11 aromatic carbocycles. The highest BCUT2D eigenvalue weighted by molar-refractivity contribution is 5.99. The zero-order valence-electron chi connectivity index (χ0n) is 38.9. The van der Waals surface area contributed by atoms with Crippen molar-refractivity contribution in [2.75, 3.05) is 0 Å². The molecule has 0 fully saturated rings. The maximum absolute atomic E-state index is 2.44. The zero-order chi connectivity index (χ0) is 45.7. The van der Waals surface area contributed by atoms with E-state index in [9.17, 15) is 0 Å². The van der Waals surface area contributed by atoms with E-state index in [-0.39, 0.29) is 10.8 Å². The third-order valence-electron chi connectivity index (χ3n) is 15.5. The van der Waals surface area contributed by atoms with Crippen LogP contribution in [-0.4, -0.2) is 0 Å². The minimum atomic E-state index is -0.138. The van der Waals surface area contributed by atoms with Gasteiger partial charge in [0.05, 0.1) is 0 Å². The first-order valence-corrected chi connectivity index (χ1v) is 24.1. The topological polar surface area (TPSA) is 0 Å². The van der Waals surface area contributed by atoms with Crippen LogP contribution in [0.3, 0.4) is 0 Å². The molecule has 0 aromatic heterocycles. The molecule has 322 valence electrons. The van der Waals surface area contributed by atoms with Gasteiger partial charge in [0, 0.05) is 10.8 Å². The number of hydrogen-bond donors (Lipinski definition) is 0. The van der Waals surface area contributed by atoms with Gasteiger partial charge in [-0.05, 0) is 169 Å². The molecule has 0 saturated carbocycles. The average molecular weight is 867 g/mol. The van der Waals surface area contributed by atoms with Crippen molar-refractivity contribution in [1.82, 2.24) is 0 Å². The minimum absolute atomic E-state index is 0.138. The fourth-order valence-corrected chi connectivity index (χ4v) is 11.7. The van der Waals surface area contributed by atoms with Crippen LogP contribution in [0.5, 0.6) is 0 Å². The lowest BCUT2D eigenvalue weighted by molar-refractivity contribution is 0.660. The normalized spacial score (nSPS) is 13.8. The van der Waals surface area contributed by atoms with E-state index < -0.39 is 0 Å². The monoisotopic (exact) mass is 866 g/mol. The maximum atomic E-state index is 2.44. The van der Waals surface area contributed by atoms with E-state index in [0.717, 1.165) is 0 Å². The van der Waals surface area contributed by atoms with Crippen LogP contribution in [0.2, 0.25) is 0 Å². The molecule has 0 spiro atoms. The predicted octanol–water partition coefficient (Wildman–Crippen LogP) is 18.6. The van der Waals surface area contributed by atoms with Gasteiger partial charge in [-0.2, -0.15) is 0 Å². The minimum Gasteiger partial charge on any atom is -0.0616 e. The highest BCUT2D eigenvalue weighted by Crippen LogP contribution is 2.53. The molecule has 11 aromatic rings. The van der Waals surface area contributed by atoms with Crippen molar-refractivity contribution < 1.29 is 0 Å². The van der Waals surface area contributed by atoms with Crippen LogP contribution >= 0.6 is 0 Å². The van der Waals surface area contributed by atoms with Crippen LogP contribution in [0.1, 0.15) is 49.9 Å². The lowest BCUT2D eigenvalue weighted by Crippen LogP contribution is -2.15. The largest absolute Gasteiger partial charge is 0.0616 e. The zero-order valence-corrected chi connectivity index (χ0v) is 38.9. The van der Waals surface area contributed by atoms with Gasteiger partial charge in [-0.15, -0.1) is 0 Å². The van der Waals surface area contributed by atoms with Crippen LogP contribution in [0.4, 0.5) is 0 Å². The van der Waals surface area contributed by atoms with Gasteiger partial charge in [0.2, 0.25) is 0 Å².